The first-order valence-corrected chi connectivity index (χ1v) is 9.08. The van der Waals surface area contributed by atoms with E-state index in [0.29, 0.717) is 6.07 Å². The Bertz CT molecular complexity index is 447. The molecule has 0 bridgehead atoms. The van der Waals surface area contributed by atoms with Gasteiger partial charge in [-0.25, -0.2) is 8.78 Å². The van der Waals surface area contributed by atoms with Crippen LogP contribution >= 0.6 is 0 Å². The fourth-order valence-corrected chi connectivity index (χ4v) is 2.26. The third kappa shape index (κ3) is 4.06. The van der Waals surface area contributed by atoms with Crippen molar-refractivity contribution in [3.63, 3.8) is 0 Å². The third-order valence-electron chi connectivity index (χ3n) is 3.56. The molecule has 0 aliphatic rings. The second-order valence-electron chi connectivity index (χ2n) is 6.11. The fraction of sp³-hybridized carbons (Fsp3) is 0.615. The highest BCUT2D eigenvalue weighted by molar-refractivity contribution is 6.74. The number of hydrogen-bond acceptors (Lipinski definition) is 3. The molecule has 6 heteroatoms. The molecule has 0 radical (unpaired) electrons. The van der Waals surface area contributed by atoms with E-state index < -0.39 is 26.1 Å². The minimum atomic E-state index is -2.01. The predicted octanol–water partition coefficient (Wildman–Crippen LogP) is 3.42. The molecule has 1 aromatic rings. The van der Waals surface area contributed by atoms with E-state index in [9.17, 15) is 13.9 Å². The minimum absolute atomic E-state index is 0.00148. The van der Waals surface area contributed by atoms with E-state index >= 15 is 0 Å². The molecule has 0 fully saturated rings. The lowest BCUT2D eigenvalue weighted by molar-refractivity contribution is 0.0935. The normalized spacial score (nSPS) is 14.5. The van der Waals surface area contributed by atoms with E-state index in [0.717, 1.165) is 6.20 Å². The average molecular weight is 289 g/mol. The lowest BCUT2D eigenvalue weighted by Crippen LogP contribution is -2.41. The minimum Gasteiger partial charge on any atom is -0.414 e. The predicted molar refractivity (Wildman–Crippen MR) is 72.3 cm³/mol. The van der Waals surface area contributed by atoms with Crippen molar-refractivity contribution in [3.8, 4) is 0 Å². The van der Waals surface area contributed by atoms with E-state index in [1.165, 1.54) is 0 Å². The summed E-state index contributed by atoms with van der Waals surface area (Å²) in [4.78, 5) is 3.58. The molecule has 1 N–H and O–H groups in total. The van der Waals surface area contributed by atoms with Crippen LogP contribution < -0.4 is 0 Å². The van der Waals surface area contributed by atoms with Gasteiger partial charge in [-0.2, -0.15) is 0 Å². The highest BCUT2D eigenvalue weighted by Gasteiger charge is 2.37. The van der Waals surface area contributed by atoms with Gasteiger partial charge in [-0.05, 0) is 18.1 Å². The Balaban J connectivity index is 2.73. The van der Waals surface area contributed by atoms with E-state index in [2.05, 4.69) is 25.8 Å². The van der Waals surface area contributed by atoms with Crippen LogP contribution in [0.3, 0.4) is 0 Å². The Labute approximate surface area is 113 Å². The van der Waals surface area contributed by atoms with Gasteiger partial charge in [-0.15, -0.1) is 0 Å². The number of nitrogens with zero attached hydrogens (tertiary/aromatic N) is 1. The molecule has 0 amide bonds. The highest BCUT2D eigenvalue weighted by atomic mass is 28.4. The van der Waals surface area contributed by atoms with Crippen LogP contribution in [0.2, 0.25) is 18.1 Å². The number of hydrogen-bond donors (Lipinski definition) is 1. The molecule has 0 saturated carbocycles. The smallest absolute Gasteiger partial charge is 0.192 e. The van der Waals surface area contributed by atoms with Gasteiger partial charge in [0.1, 0.15) is 23.4 Å². The van der Waals surface area contributed by atoms with E-state index in [4.69, 9.17) is 4.43 Å². The molecule has 1 unspecified atom stereocenters. The van der Waals surface area contributed by atoms with E-state index in [-0.39, 0.29) is 17.3 Å². The van der Waals surface area contributed by atoms with Gasteiger partial charge in [-0.1, -0.05) is 20.8 Å². The summed E-state index contributed by atoms with van der Waals surface area (Å²) in [5.74, 6) is -1.62. The molecule has 0 aliphatic heterocycles. The van der Waals surface area contributed by atoms with E-state index in [1.807, 2.05) is 13.1 Å². The molecule has 0 aliphatic carbocycles. The zero-order chi connectivity index (χ0) is 14.8. The SMILES string of the molecule is CC(C)(C)[Si](C)(C)OCC(O)c1ncc(F)cc1F. The highest BCUT2D eigenvalue weighted by Crippen LogP contribution is 2.37. The quantitative estimate of drug-likeness (QED) is 0.864. The van der Waals surface area contributed by atoms with Crippen LogP contribution in [0.15, 0.2) is 12.3 Å². The summed E-state index contributed by atoms with van der Waals surface area (Å²) in [7, 11) is -2.01. The van der Waals surface area contributed by atoms with Gasteiger partial charge >= 0.3 is 0 Å². The largest absolute Gasteiger partial charge is 0.414 e. The maximum atomic E-state index is 13.4. The number of rotatable bonds is 4. The molecule has 1 heterocycles. The van der Waals surface area contributed by atoms with Crippen molar-refractivity contribution in [1.82, 2.24) is 4.98 Å². The van der Waals surface area contributed by atoms with Crippen molar-refractivity contribution in [2.24, 2.45) is 0 Å². The molecule has 0 spiro atoms. The summed E-state index contributed by atoms with van der Waals surface area (Å²) in [5.41, 5.74) is -0.180. The molecule has 19 heavy (non-hydrogen) atoms. The van der Waals surface area contributed by atoms with Gasteiger partial charge in [0.05, 0.1) is 12.8 Å². The lowest BCUT2D eigenvalue weighted by Gasteiger charge is -2.36. The molecule has 0 aromatic carbocycles. The second-order valence-corrected chi connectivity index (χ2v) is 10.9. The van der Waals surface area contributed by atoms with E-state index in [1.54, 1.807) is 0 Å². The van der Waals surface area contributed by atoms with Gasteiger partial charge < -0.3 is 9.53 Å². The first-order valence-electron chi connectivity index (χ1n) is 6.17. The molecule has 108 valence electrons. The number of aliphatic hydroxyl groups is 1. The van der Waals surface area contributed by atoms with Crippen molar-refractivity contribution < 1.29 is 18.3 Å². The zero-order valence-corrected chi connectivity index (χ0v) is 13.0. The third-order valence-corrected chi connectivity index (χ3v) is 8.06. The van der Waals surface area contributed by atoms with Crippen LogP contribution in [0.25, 0.3) is 0 Å². The number of halogens is 2. The summed E-state index contributed by atoms with van der Waals surface area (Å²) >= 11 is 0. The van der Waals surface area contributed by atoms with Crippen LogP contribution in [0.5, 0.6) is 0 Å². The van der Waals surface area contributed by atoms with Crippen LogP contribution in [-0.2, 0) is 4.43 Å². The summed E-state index contributed by atoms with van der Waals surface area (Å²) in [6, 6.07) is 0.706. The van der Waals surface area contributed by atoms with Gasteiger partial charge in [0.25, 0.3) is 0 Å². The Morgan fingerprint density at radius 2 is 1.95 bits per heavy atom. The zero-order valence-electron chi connectivity index (χ0n) is 12.0. The maximum Gasteiger partial charge on any atom is 0.192 e. The molecule has 0 saturated heterocycles. The van der Waals surface area contributed by atoms with Gasteiger partial charge in [0.2, 0.25) is 0 Å². The molecule has 1 rings (SSSR count). The standard InChI is InChI=1S/C13H21F2NO2Si/c1-13(2,3)19(4,5)18-8-11(17)12-10(15)6-9(14)7-16-12/h6-7,11,17H,8H2,1-5H3. The lowest BCUT2D eigenvalue weighted by atomic mass is 10.2. The first kappa shape index (κ1) is 16.2. The summed E-state index contributed by atoms with van der Waals surface area (Å²) < 4.78 is 32.0. The molecule has 3 nitrogen and oxygen atoms in total. The Morgan fingerprint density at radius 1 is 1.37 bits per heavy atom. The Hall–Kier alpha value is -0.853. The monoisotopic (exact) mass is 289 g/mol. The fourth-order valence-electron chi connectivity index (χ4n) is 1.25. The number of pyridine rings is 1. The van der Waals surface area contributed by atoms with Crippen LogP contribution in [0.4, 0.5) is 8.78 Å². The Morgan fingerprint density at radius 3 is 2.42 bits per heavy atom. The number of aliphatic hydroxyl groups excluding tert-OH is 1. The van der Waals surface area contributed by atoms with Crippen LogP contribution in [0, 0.1) is 11.6 Å². The van der Waals surface area contributed by atoms with Gasteiger partial charge in [-0.3, -0.25) is 4.98 Å². The first-order chi connectivity index (χ1) is 8.54. The van der Waals surface area contributed by atoms with Crippen molar-refractivity contribution in [2.75, 3.05) is 6.61 Å². The van der Waals surface area contributed by atoms with Crippen molar-refractivity contribution in [1.29, 1.82) is 0 Å². The maximum absolute atomic E-state index is 13.4. The molecule has 1 atom stereocenters. The molecular weight excluding hydrogens is 268 g/mol. The molecule has 1 aromatic heterocycles. The summed E-state index contributed by atoms with van der Waals surface area (Å²) in [6.45, 7) is 10.3. The summed E-state index contributed by atoms with van der Waals surface area (Å²) in [6.07, 6.45) is -0.303. The van der Waals surface area contributed by atoms with Crippen molar-refractivity contribution in [2.45, 2.75) is 45.0 Å². The van der Waals surface area contributed by atoms with Gasteiger partial charge in [0, 0.05) is 6.07 Å². The Kier molecular flexibility index (Phi) is 4.81. The van der Waals surface area contributed by atoms with Crippen molar-refractivity contribution in [3.05, 3.63) is 29.6 Å². The number of aromatic nitrogens is 1. The van der Waals surface area contributed by atoms with Crippen LogP contribution in [-0.4, -0.2) is 25.0 Å². The summed E-state index contributed by atoms with van der Waals surface area (Å²) in [5, 5.41) is 9.90. The van der Waals surface area contributed by atoms with Crippen molar-refractivity contribution >= 4 is 8.32 Å². The van der Waals surface area contributed by atoms with Crippen LogP contribution in [0.1, 0.15) is 32.6 Å². The average Bonchev–Trinajstić information content (AvgIpc) is 2.24. The topological polar surface area (TPSA) is 42.4 Å². The van der Waals surface area contributed by atoms with Gasteiger partial charge in [0.15, 0.2) is 8.32 Å². The second kappa shape index (κ2) is 5.64. The molecular formula is C13H21F2NO2Si.